The number of aliphatic hydroxyl groups is 1. The van der Waals surface area contributed by atoms with Crippen molar-refractivity contribution in [2.45, 2.75) is 45.9 Å². The Morgan fingerprint density at radius 3 is 2.14 bits per heavy atom. The summed E-state index contributed by atoms with van der Waals surface area (Å²) in [5.74, 6) is -2.99. The topological polar surface area (TPSA) is 117 Å². The highest BCUT2D eigenvalue weighted by atomic mass is 16.7. The number of benzene rings is 3. The van der Waals surface area contributed by atoms with Crippen LogP contribution in [0.5, 0.6) is 0 Å². The number of amides is 3. The van der Waals surface area contributed by atoms with Gasteiger partial charge in [-0.2, -0.15) is 0 Å². The fourth-order valence-electron chi connectivity index (χ4n) is 4.04. The minimum atomic E-state index is -1.72. The molecule has 3 atom stereocenters. The van der Waals surface area contributed by atoms with E-state index in [1.165, 1.54) is 7.05 Å². The molecule has 8 nitrogen and oxygen atoms in total. The van der Waals surface area contributed by atoms with Crippen LogP contribution in [0.3, 0.4) is 0 Å². The second kappa shape index (κ2) is 12.5. The lowest BCUT2D eigenvalue weighted by atomic mass is 9.84. The minimum absolute atomic E-state index is 0.0779. The quantitative estimate of drug-likeness (QED) is 0.316. The van der Waals surface area contributed by atoms with E-state index in [1.54, 1.807) is 0 Å². The van der Waals surface area contributed by atoms with Gasteiger partial charge in [-0.3, -0.25) is 19.2 Å². The van der Waals surface area contributed by atoms with Gasteiger partial charge in [-0.25, -0.2) is 5.48 Å². The Morgan fingerprint density at radius 1 is 0.838 bits per heavy atom. The molecule has 0 unspecified atom stereocenters. The summed E-state index contributed by atoms with van der Waals surface area (Å²) in [6.45, 7) is 5.58. The predicted molar refractivity (Wildman–Crippen MR) is 142 cm³/mol. The molecule has 196 valence electrons. The fourth-order valence-corrected chi connectivity index (χ4v) is 4.04. The van der Waals surface area contributed by atoms with Crippen LogP contribution in [0.15, 0.2) is 72.8 Å². The van der Waals surface area contributed by atoms with Crippen molar-refractivity contribution in [1.29, 1.82) is 0 Å². The number of aliphatic hydroxyl groups excluding tert-OH is 1. The fraction of sp³-hybridized carbons (Fsp3) is 0.345. The van der Waals surface area contributed by atoms with Crippen LogP contribution in [-0.2, 0) is 32.2 Å². The maximum Gasteiger partial charge on any atom is 0.273 e. The van der Waals surface area contributed by atoms with Gasteiger partial charge in [-0.05, 0) is 33.7 Å². The van der Waals surface area contributed by atoms with Gasteiger partial charge in [0.1, 0.15) is 12.1 Å². The lowest BCUT2D eigenvalue weighted by Gasteiger charge is -2.32. The van der Waals surface area contributed by atoms with E-state index in [0.717, 1.165) is 21.9 Å². The van der Waals surface area contributed by atoms with Crippen molar-refractivity contribution in [2.24, 2.45) is 11.3 Å². The van der Waals surface area contributed by atoms with Crippen LogP contribution >= 0.6 is 0 Å². The molecule has 0 saturated carbocycles. The van der Waals surface area contributed by atoms with Gasteiger partial charge in [0, 0.05) is 7.05 Å². The maximum atomic E-state index is 13.5. The van der Waals surface area contributed by atoms with Crippen molar-refractivity contribution in [1.82, 2.24) is 16.1 Å². The summed E-state index contributed by atoms with van der Waals surface area (Å²) in [7, 11) is 1.49. The second-order valence-electron chi connectivity index (χ2n) is 10.1. The SMILES string of the molecule is CNC(=O)[C@@H](NC(=O)[C@H](Cc1ccc2ccccc2c1)[C@H](O)C(=O)NOCc1ccccc1)C(C)(C)C. The Bertz CT molecular complexity index is 1220. The van der Waals surface area contributed by atoms with Gasteiger partial charge in [0.05, 0.1) is 12.5 Å². The van der Waals surface area contributed by atoms with Crippen LogP contribution in [0.1, 0.15) is 31.9 Å². The minimum Gasteiger partial charge on any atom is -0.382 e. The molecule has 0 heterocycles. The molecule has 3 rings (SSSR count). The molecule has 0 spiro atoms. The summed E-state index contributed by atoms with van der Waals surface area (Å²) in [4.78, 5) is 44.1. The molecule has 0 radical (unpaired) electrons. The van der Waals surface area contributed by atoms with Gasteiger partial charge in [0.2, 0.25) is 11.8 Å². The number of hydroxylamine groups is 1. The first kappa shape index (κ1) is 27.8. The second-order valence-corrected chi connectivity index (χ2v) is 10.1. The molecule has 0 aliphatic carbocycles. The number of hydrogen-bond acceptors (Lipinski definition) is 5. The van der Waals surface area contributed by atoms with Crippen molar-refractivity contribution in [3.05, 3.63) is 83.9 Å². The van der Waals surface area contributed by atoms with E-state index in [-0.39, 0.29) is 18.9 Å². The highest BCUT2D eigenvalue weighted by Crippen LogP contribution is 2.23. The third-order valence-electron chi connectivity index (χ3n) is 6.17. The number of carbonyl (C=O) groups excluding carboxylic acids is 3. The summed E-state index contributed by atoms with van der Waals surface area (Å²) in [6, 6.07) is 21.9. The Morgan fingerprint density at radius 2 is 1.49 bits per heavy atom. The standard InChI is InChI=1S/C29H35N3O5/c1-29(2,3)25(28(36)30-4)31-26(34)23(17-20-14-15-21-12-8-9-13-22(21)16-20)24(33)27(35)32-37-18-19-10-6-5-7-11-19/h5-16,23-25,33H,17-18H2,1-4H3,(H,30,36)(H,31,34)(H,32,35)/t23-,24+,25-/m1/s1. The van der Waals surface area contributed by atoms with Gasteiger partial charge >= 0.3 is 0 Å². The van der Waals surface area contributed by atoms with Gasteiger partial charge in [0.15, 0.2) is 0 Å². The molecule has 3 aromatic rings. The van der Waals surface area contributed by atoms with E-state index >= 15 is 0 Å². The van der Waals surface area contributed by atoms with E-state index in [9.17, 15) is 19.5 Å². The average Bonchev–Trinajstić information content (AvgIpc) is 2.89. The molecule has 0 aliphatic heterocycles. The van der Waals surface area contributed by atoms with Crippen LogP contribution in [0.4, 0.5) is 0 Å². The molecule has 37 heavy (non-hydrogen) atoms. The van der Waals surface area contributed by atoms with Gasteiger partial charge in [-0.1, -0.05) is 93.6 Å². The van der Waals surface area contributed by atoms with Crippen molar-refractivity contribution < 1.29 is 24.3 Å². The number of likely N-dealkylation sites (N-methyl/N-ethyl adjacent to an activating group) is 1. The number of carbonyl (C=O) groups is 3. The summed E-state index contributed by atoms with van der Waals surface area (Å²) in [5.41, 5.74) is 3.25. The van der Waals surface area contributed by atoms with Crippen LogP contribution in [0, 0.1) is 11.3 Å². The lowest BCUT2D eigenvalue weighted by Crippen LogP contribution is -2.56. The molecule has 4 N–H and O–H groups in total. The summed E-state index contributed by atoms with van der Waals surface area (Å²) >= 11 is 0. The molecule has 0 bridgehead atoms. The van der Waals surface area contributed by atoms with E-state index in [0.29, 0.717) is 0 Å². The first-order chi connectivity index (χ1) is 17.6. The zero-order valence-electron chi connectivity index (χ0n) is 21.7. The van der Waals surface area contributed by atoms with Gasteiger partial charge in [-0.15, -0.1) is 0 Å². The molecular formula is C29H35N3O5. The van der Waals surface area contributed by atoms with Gasteiger partial charge in [0.25, 0.3) is 5.91 Å². The van der Waals surface area contributed by atoms with Crippen LogP contribution in [-0.4, -0.2) is 42.0 Å². The van der Waals surface area contributed by atoms with E-state index in [2.05, 4.69) is 16.1 Å². The molecular weight excluding hydrogens is 470 g/mol. The molecule has 0 aromatic heterocycles. The van der Waals surface area contributed by atoms with Crippen LogP contribution in [0.2, 0.25) is 0 Å². The normalized spacial score (nSPS) is 13.9. The smallest absolute Gasteiger partial charge is 0.273 e. The van der Waals surface area contributed by atoms with Crippen molar-refractivity contribution in [3.63, 3.8) is 0 Å². The first-order valence-electron chi connectivity index (χ1n) is 12.2. The Labute approximate surface area is 217 Å². The first-order valence-corrected chi connectivity index (χ1v) is 12.2. The third kappa shape index (κ3) is 7.62. The van der Waals surface area contributed by atoms with Crippen LogP contribution < -0.4 is 16.1 Å². The molecule has 3 aromatic carbocycles. The highest BCUT2D eigenvalue weighted by Gasteiger charge is 2.38. The summed E-state index contributed by atoms with van der Waals surface area (Å²) in [5, 5.41) is 18.3. The molecule has 0 aliphatic rings. The summed E-state index contributed by atoms with van der Waals surface area (Å²) < 4.78 is 0. The van der Waals surface area contributed by atoms with E-state index in [1.807, 2.05) is 93.6 Å². The maximum absolute atomic E-state index is 13.5. The number of fused-ring (bicyclic) bond motifs is 1. The molecule has 3 amide bonds. The molecule has 0 saturated heterocycles. The number of nitrogens with one attached hydrogen (secondary N) is 3. The highest BCUT2D eigenvalue weighted by molar-refractivity contribution is 5.93. The summed E-state index contributed by atoms with van der Waals surface area (Å²) in [6.07, 6.45) is -1.64. The average molecular weight is 506 g/mol. The van der Waals surface area contributed by atoms with E-state index in [4.69, 9.17) is 4.84 Å². The van der Waals surface area contributed by atoms with Gasteiger partial charge < -0.3 is 15.7 Å². The molecule has 0 fully saturated rings. The number of hydrogen-bond donors (Lipinski definition) is 4. The monoisotopic (exact) mass is 505 g/mol. The Hall–Kier alpha value is -3.75. The Balaban J connectivity index is 1.81. The van der Waals surface area contributed by atoms with Crippen molar-refractivity contribution in [2.75, 3.05) is 7.05 Å². The third-order valence-corrected chi connectivity index (χ3v) is 6.17. The number of rotatable bonds is 10. The predicted octanol–water partition coefficient (Wildman–Crippen LogP) is 2.88. The lowest BCUT2D eigenvalue weighted by molar-refractivity contribution is -0.150. The van der Waals surface area contributed by atoms with Crippen molar-refractivity contribution >= 4 is 28.5 Å². The Kier molecular flexibility index (Phi) is 9.38. The zero-order valence-corrected chi connectivity index (χ0v) is 21.7. The largest absolute Gasteiger partial charge is 0.382 e. The van der Waals surface area contributed by atoms with E-state index < -0.39 is 35.3 Å². The molecule has 8 heteroatoms. The zero-order chi connectivity index (χ0) is 27.0. The van der Waals surface area contributed by atoms with Crippen LogP contribution in [0.25, 0.3) is 10.8 Å². The van der Waals surface area contributed by atoms with Crippen molar-refractivity contribution in [3.8, 4) is 0 Å².